The molecule has 0 saturated carbocycles. The van der Waals surface area contributed by atoms with Crippen molar-refractivity contribution in [1.29, 1.82) is 0 Å². The van der Waals surface area contributed by atoms with Crippen LogP contribution in [0.3, 0.4) is 0 Å². The summed E-state index contributed by atoms with van der Waals surface area (Å²) in [5.74, 6) is 0.142. The van der Waals surface area contributed by atoms with Crippen molar-refractivity contribution in [2.45, 2.75) is 13.2 Å². The Morgan fingerprint density at radius 3 is 2.75 bits per heavy atom. The van der Waals surface area contributed by atoms with Crippen molar-refractivity contribution in [3.05, 3.63) is 59.7 Å². The monoisotopic (exact) mass is 272 g/mol. The van der Waals surface area contributed by atoms with Gasteiger partial charge in [0.05, 0.1) is 12.3 Å². The molecule has 0 aliphatic carbocycles. The smallest absolute Gasteiger partial charge is 0.221 e. The Bertz CT molecular complexity index is 740. The fraction of sp³-hybridized carbons (Fsp3) is 0.133. The van der Waals surface area contributed by atoms with Crippen LogP contribution in [-0.4, -0.2) is 4.98 Å². The number of para-hydroxylation sites is 1. The number of hydrogen-bond donors (Lipinski definition) is 1. The van der Waals surface area contributed by atoms with Crippen LogP contribution in [0.4, 0.5) is 10.1 Å². The maximum atomic E-state index is 13.4. The Kier molecular flexibility index (Phi) is 3.35. The third kappa shape index (κ3) is 2.48. The zero-order valence-electron chi connectivity index (χ0n) is 10.7. The molecule has 0 aliphatic rings. The average Bonchev–Trinajstić information content (AvgIpc) is 2.85. The number of anilines is 1. The van der Waals surface area contributed by atoms with E-state index >= 15 is 0 Å². The first-order valence-electron chi connectivity index (χ1n) is 6.19. The van der Waals surface area contributed by atoms with Gasteiger partial charge >= 0.3 is 0 Å². The molecule has 2 aromatic carbocycles. The predicted octanol–water partition coefficient (Wildman–Crippen LogP) is 3.27. The lowest BCUT2D eigenvalue weighted by atomic mass is 10.2. The topological polar surface area (TPSA) is 61.3 Å². The molecule has 0 amide bonds. The number of benzene rings is 2. The molecule has 2 N–H and O–H groups in total. The average molecular weight is 272 g/mol. The molecule has 1 heterocycles. The predicted molar refractivity (Wildman–Crippen MR) is 73.3 cm³/mol. The van der Waals surface area contributed by atoms with Crippen molar-refractivity contribution in [2.24, 2.45) is 0 Å². The number of nitrogens with zero attached hydrogens (tertiary/aromatic N) is 1. The van der Waals surface area contributed by atoms with Gasteiger partial charge in [0.25, 0.3) is 0 Å². The van der Waals surface area contributed by atoms with E-state index in [-0.39, 0.29) is 19.0 Å². The van der Waals surface area contributed by atoms with Crippen LogP contribution in [0.25, 0.3) is 11.1 Å². The Balaban J connectivity index is 1.68. The molecule has 0 bridgehead atoms. The number of oxazole rings is 1. The van der Waals surface area contributed by atoms with E-state index in [1.54, 1.807) is 36.4 Å². The summed E-state index contributed by atoms with van der Waals surface area (Å²) in [6.45, 7) is 0.337. The first-order valence-corrected chi connectivity index (χ1v) is 6.19. The molecule has 3 aromatic rings. The molecule has 5 heteroatoms. The summed E-state index contributed by atoms with van der Waals surface area (Å²) >= 11 is 0. The highest BCUT2D eigenvalue weighted by Gasteiger charge is 2.08. The van der Waals surface area contributed by atoms with E-state index in [2.05, 4.69) is 4.98 Å². The first-order chi connectivity index (χ1) is 9.74. The van der Waals surface area contributed by atoms with Crippen molar-refractivity contribution in [3.8, 4) is 0 Å². The van der Waals surface area contributed by atoms with E-state index < -0.39 is 0 Å². The second kappa shape index (κ2) is 5.30. The summed E-state index contributed by atoms with van der Waals surface area (Å²) in [7, 11) is 0. The number of nitrogen functional groups attached to an aromatic ring is 1. The van der Waals surface area contributed by atoms with Gasteiger partial charge in [-0.05, 0) is 18.2 Å². The van der Waals surface area contributed by atoms with Gasteiger partial charge in [0.1, 0.15) is 17.9 Å². The second-order valence-electron chi connectivity index (χ2n) is 4.39. The summed E-state index contributed by atoms with van der Waals surface area (Å²) in [6.07, 6.45) is 0. The summed E-state index contributed by atoms with van der Waals surface area (Å²) in [6, 6.07) is 11.8. The molecular weight excluding hydrogens is 259 g/mol. The molecule has 20 heavy (non-hydrogen) atoms. The molecule has 0 atom stereocenters. The Labute approximate surface area is 115 Å². The number of ether oxygens (including phenoxy) is 1. The third-order valence-corrected chi connectivity index (χ3v) is 2.94. The van der Waals surface area contributed by atoms with Crippen LogP contribution in [0.15, 0.2) is 46.9 Å². The van der Waals surface area contributed by atoms with Crippen molar-refractivity contribution >= 4 is 16.8 Å². The molecule has 0 fully saturated rings. The fourth-order valence-electron chi connectivity index (χ4n) is 1.94. The van der Waals surface area contributed by atoms with Gasteiger partial charge in [-0.15, -0.1) is 0 Å². The fourth-order valence-corrected chi connectivity index (χ4v) is 1.94. The van der Waals surface area contributed by atoms with Crippen LogP contribution in [-0.2, 0) is 18.0 Å². The normalized spacial score (nSPS) is 11.1. The van der Waals surface area contributed by atoms with Crippen LogP contribution >= 0.6 is 0 Å². The molecule has 0 saturated heterocycles. The number of aromatic nitrogens is 1. The second-order valence-corrected chi connectivity index (χ2v) is 4.39. The van der Waals surface area contributed by atoms with Gasteiger partial charge in [0.15, 0.2) is 5.58 Å². The van der Waals surface area contributed by atoms with Crippen LogP contribution in [0.1, 0.15) is 11.5 Å². The van der Waals surface area contributed by atoms with Gasteiger partial charge in [-0.1, -0.05) is 24.3 Å². The SMILES string of the molecule is Nc1cccc2oc(COCc3ccccc3F)nc12. The van der Waals surface area contributed by atoms with E-state index in [0.29, 0.717) is 28.2 Å². The van der Waals surface area contributed by atoms with Gasteiger partial charge in [-0.25, -0.2) is 9.37 Å². The molecule has 0 spiro atoms. The maximum absolute atomic E-state index is 13.4. The van der Waals surface area contributed by atoms with Crippen LogP contribution < -0.4 is 5.73 Å². The van der Waals surface area contributed by atoms with Gasteiger partial charge in [0, 0.05) is 5.56 Å². The van der Waals surface area contributed by atoms with Gasteiger partial charge < -0.3 is 14.9 Å². The highest BCUT2D eigenvalue weighted by atomic mass is 19.1. The minimum absolute atomic E-state index is 0.168. The van der Waals surface area contributed by atoms with Gasteiger partial charge in [-0.2, -0.15) is 0 Å². The van der Waals surface area contributed by atoms with Crippen LogP contribution in [0.5, 0.6) is 0 Å². The summed E-state index contributed by atoms with van der Waals surface area (Å²) in [4.78, 5) is 4.26. The molecule has 0 unspecified atom stereocenters. The molecule has 1 aromatic heterocycles. The van der Waals surface area contributed by atoms with Crippen molar-refractivity contribution in [1.82, 2.24) is 4.98 Å². The molecule has 102 valence electrons. The number of nitrogens with two attached hydrogens (primary N) is 1. The highest BCUT2D eigenvalue weighted by molar-refractivity contribution is 5.85. The lowest BCUT2D eigenvalue weighted by Crippen LogP contribution is -1.96. The van der Waals surface area contributed by atoms with E-state index in [4.69, 9.17) is 14.9 Å². The van der Waals surface area contributed by atoms with Crippen molar-refractivity contribution < 1.29 is 13.5 Å². The number of fused-ring (bicyclic) bond motifs is 1. The molecule has 0 radical (unpaired) electrons. The zero-order chi connectivity index (χ0) is 13.9. The maximum Gasteiger partial charge on any atom is 0.221 e. The van der Waals surface area contributed by atoms with Gasteiger partial charge in [-0.3, -0.25) is 0 Å². The van der Waals surface area contributed by atoms with E-state index in [9.17, 15) is 4.39 Å². The first kappa shape index (κ1) is 12.6. The summed E-state index contributed by atoms with van der Waals surface area (Å²) in [5, 5.41) is 0. The minimum Gasteiger partial charge on any atom is -0.438 e. The van der Waals surface area contributed by atoms with Crippen LogP contribution in [0.2, 0.25) is 0 Å². The van der Waals surface area contributed by atoms with E-state index in [1.807, 2.05) is 0 Å². The number of hydrogen-bond acceptors (Lipinski definition) is 4. The third-order valence-electron chi connectivity index (χ3n) is 2.94. The van der Waals surface area contributed by atoms with Crippen LogP contribution in [0, 0.1) is 5.82 Å². The Hall–Kier alpha value is -2.40. The highest BCUT2D eigenvalue weighted by Crippen LogP contribution is 2.21. The number of rotatable bonds is 4. The number of halogens is 1. The summed E-state index contributed by atoms with van der Waals surface area (Å²) < 4.78 is 24.3. The van der Waals surface area contributed by atoms with Crippen molar-refractivity contribution in [3.63, 3.8) is 0 Å². The Morgan fingerprint density at radius 2 is 1.95 bits per heavy atom. The largest absolute Gasteiger partial charge is 0.438 e. The van der Waals surface area contributed by atoms with E-state index in [1.165, 1.54) is 6.07 Å². The summed E-state index contributed by atoms with van der Waals surface area (Å²) in [5.41, 5.74) is 8.10. The Morgan fingerprint density at radius 1 is 1.10 bits per heavy atom. The lowest BCUT2D eigenvalue weighted by Gasteiger charge is -2.02. The molecule has 0 aliphatic heterocycles. The minimum atomic E-state index is -0.283. The molecule has 4 nitrogen and oxygen atoms in total. The van der Waals surface area contributed by atoms with E-state index in [0.717, 1.165) is 0 Å². The zero-order valence-corrected chi connectivity index (χ0v) is 10.7. The lowest BCUT2D eigenvalue weighted by molar-refractivity contribution is 0.0886. The molecule has 3 rings (SSSR count). The molecular formula is C15H13FN2O2. The van der Waals surface area contributed by atoms with Crippen molar-refractivity contribution in [2.75, 3.05) is 5.73 Å². The standard InChI is InChI=1S/C15H13FN2O2/c16-11-5-2-1-4-10(11)8-19-9-14-18-15-12(17)6-3-7-13(15)20-14/h1-7H,8-9,17H2. The quantitative estimate of drug-likeness (QED) is 0.740. The van der Waals surface area contributed by atoms with Gasteiger partial charge in [0.2, 0.25) is 5.89 Å².